The van der Waals surface area contributed by atoms with Gasteiger partial charge in [-0.15, -0.1) is 0 Å². The number of fused-ring (bicyclic) bond motifs is 1. The van der Waals surface area contributed by atoms with Crippen molar-refractivity contribution in [1.29, 1.82) is 0 Å². The first-order valence-corrected chi connectivity index (χ1v) is 9.34. The molecule has 0 saturated carbocycles. The molecule has 0 atom stereocenters. The van der Waals surface area contributed by atoms with Crippen LogP contribution in [0.4, 0.5) is 5.69 Å². The number of halogens is 1. The second kappa shape index (κ2) is 7.17. The Morgan fingerprint density at radius 1 is 1.19 bits per heavy atom. The summed E-state index contributed by atoms with van der Waals surface area (Å²) < 4.78 is 0. The zero-order chi connectivity index (χ0) is 18.9. The molecule has 26 heavy (non-hydrogen) atoms. The van der Waals surface area contributed by atoms with Crippen LogP contribution in [0, 0.1) is 0 Å². The fourth-order valence-corrected chi connectivity index (χ4v) is 3.56. The number of hydrogen-bond acceptors (Lipinski definition) is 3. The summed E-state index contributed by atoms with van der Waals surface area (Å²) in [6.07, 6.45) is 1.77. The van der Waals surface area contributed by atoms with Crippen molar-refractivity contribution < 1.29 is 9.59 Å². The maximum atomic E-state index is 12.4. The minimum absolute atomic E-state index is 0.169. The molecule has 4 nitrogen and oxygen atoms in total. The molecule has 0 radical (unpaired) electrons. The largest absolute Gasteiger partial charge is 0.347 e. The van der Waals surface area contributed by atoms with E-state index in [9.17, 15) is 9.59 Å². The molecule has 2 amide bonds. The number of carbonyl (C=O) groups excluding carboxylic acids is 2. The van der Waals surface area contributed by atoms with E-state index >= 15 is 0 Å². The van der Waals surface area contributed by atoms with E-state index in [4.69, 9.17) is 11.6 Å². The summed E-state index contributed by atoms with van der Waals surface area (Å²) >= 11 is 7.53. The smallest absolute Gasteiger partial charge is 0.262 e. The Hall–Kier alpha value is -2.24. The average molecular weight is 387 g/mol. The van der Waals surface area contributed by atoms with Crippen molar-refractivity contribution in [2.45, 2.75) is 31.2 Å². The number of hydrogen-bond donors (Lipinski definition) is 2. The Bertz CT molecular complexity index is 916. The molecular weight excluding hydrogens is 368 g/mol. The summed E-state index contributed by atoms with van der Waals surface area (Å²) in [5.74, 6) is -0.382. The van der Waals surface area contributed by atoms with Crippen molar-refractivity contribution >= 4 is 46.9 Å². The lowest BCUT2D eigenvalue weighted by molar-refractivity contribution is -0.112. The molecule has 2 aromatic carbocycles. The van der Waals surface area contributed by atoms with Gasteiger partial charge in [0, 0.05) is 21.0 Å². The fraction of sp³-hybridized carbons (Fsp3) is 0.200. The van der Waals surface area contributed by atoms with Crippen LogP contribution in [0.15, 0.2) is 52.3 Å². The Kier molecular flexibility index (Phi) is 5.12. The van der Waals surface area contributed by atoms with Crippen molar-refractivity contribution in [3.8, 4) is 0 Å². The first-order valence-electron chi connectivity index (χ1n) is 8.15. The van der Waals surface area contributed by atoms with Crippen molar-refractivity contribution in [1.82, 2.24) is 5.32 Å². The predicted molar refractivity (Wildman–Crippen MR) is 108 cm³/mol. The number of nitrogens with one attached hydrogen (secondary N) is 2. The van der Waals surface area contributed by atoms with Gasteiger partial charge in [0.25, 0.3) is 11.8 Å². The average Bonchev–Trinajstić information content (AvgIpc) is 2.55. The molecule has 6 heteroatoms. The summed E-state index contributed by atoms with van der Waals surface area (Å²) in [4.78, 5) is 26.2. The van der Waals surface area contributed by atoms with Crippen LogP contribution in [0.5, 0.6) is 0 Å². The van der Waals surface area contributed by atoms with Crippen molar-refractivity contribution in [3.05, 3.63) is 63.5 Å². The molecule has 0 fully saturated rings. The van der Waals surface area contributed by atoms with Gasteiger partial charge in [0.15, 0.2) is 0 Å². The van der Waals surface area contributed by atoms with Gasteiger partial charge in [0.1, 0.15) is 0 Å². The Labute approximate surface area is 162 Å². The molecule has 0 saturated heterocycles. The van der Waals surface area contributed by atoms with Gasteiger partial charge in [0.2, 0.25) is 0 Å². The summed E-state index contributed by atoms with van der Waals surface area (Å²) in [7, 11) is 0. The van der Waals surface area contributed by atoms with Gasteiger partial charge in [-0.1, -0.05) is 41.6 Å². The minimum atomic E-state index is -0.324. The van der Waals surface area contributed by atoms with Crippen LogP contribution in [0.3, 0.4) is 0 Å². The van der Waals surface area contributed by atoms with E-state index in [1.54, 1.807) is 24.3 Å². The number of thioether (sulfide) groups is 1. The van der Waals surface area contributed by atoms with Gasteiger partial charge >= 0.3 is 0 Å². The predicted octanol–water partition coefficient (Wildman–Crippen LogP) is 4.95. The molecule has 0 bridgehead atoms. The summed E-state index contributed by atoms with van der Waals surface area (Å²) in [6.45, 7) is 5.77. The number of benzene rings is 2. The molecule has 0 aromatic heterocycles. The van der Waals surface area contributed by atoms with Crippen LogP contribution >= 0.6 is 23.4 Å². The Morgan fingerprint density at radius 2 is 1.92 bits per heavy atom. The lowest BCUT2D eigenvalue weighted by Crippen LogP contribution is -2.40. The molecule has 3 rings (SSSR count). The minimum Gasteiger partial charge on any atom is -0.347 e. The molecule has 2 aromatic rings. The molecule has 0 aliphatic carbocycles. The molecule has 0 spiro atoms. The van der Waals surface area contributed by atoms with Crippen LogP contribution in [-0.2, 0) is 4.79 Å². The Balaban J connectivity index is 1.87. The zero-order valence-corrected chi connectivity index (χ0v) is 16.3. The monoisotopic (exact) mass is 386 g/mol. The third kappa shape index (κ3) is 4.29. The van der Waals surface area contributed by atoms with Gasteiger partial charge in [0.05, 0.1) is 10.6 Å². The maximum absolute atomic E-state index is 12.4. The molecule has 1 aliphatic heterocycles. The quantitative estimate of drug-likeness (QED) is 0.717. The zero-order valence-electron chi connectivity index (χ0n) is 14.7. The van der Waals surface area contributed by atoms with E-state index < -0.39 is 0 Å². The topological polar surface area (TPSA) is 58.2 Å². The molecule has 0 unspecified atom stereocenters. The molecule has 1 aliphatic rings. The van der Waals surface area contributed by atoms with E-state index in [-0.39, 0.29) is 17.4 Å². The van der Waals surface area contributed by atoms with E-state index in [1.165, 1.54) is 11.8 Å². The Morgan fingerprint density at radius 3 is 2.62 bits per heavy atom. The van der Waals surface area contributed by atoms with Crippen molar-refractivity contribution in [2.24, 2.45) is 0 Å². The maximum Gasteiger partial charge on any atom is 0.262 e. The van der Waals surface area contributed by atoms with Gasteiger partial charge in [-0.3, -0.25) is 9.59 Å². The second-order valence-corrected chi connectivity index (χ2v) is 8.49. The highest BCUT2D eigenvalue weighted by atomic mass is 35.5. The van der Waals surface area contributed by atoms with Gasteiger partial charge in [-0.05, 0) is 56.7 Å². The first kappa shape index (κ1) is 18.5. The molecule has 134 valence electrons. The SMILES string of the molecule is CC(C)(C)NC(=O)c1ccc2c(c1)NC(=O)/C(=C\c1ccccc1Cl)S2. The highest BCUT2D eigenvalue weighted by Crippen LogP contribution is 2.39. The second-order valence-electron chi connectivity index (χ2n) is 7.00. The third-order valence-electron chi connectivity index (χ3n) is 3.61. The van der Waals surface area contributed by atoms with E-state index in [1.807, 2.05) is 45.0 Å². The highest BCUT2D eigenvalue weighted by molar-refractivity contribution is 8.04. The molecular formula is C20H19ClN2O2S. The van der Waals surface area contributed by atoms with Crippen LogP contribution in [0.2, 0.25) is 5.02 Å². The first-order chi connectivity index (χ1) is 12.2. The number of amides is 2. The molecule has 2 N–H and O–H groups in total. The third-order valence-corrected chi connectivity index (χ3v) is 5.06. The van der Waals surface area contributed by atoms with E-state index in [2.05, 4.69) is 10.6 Å². The lowest BCUT2D eigenvalue weighted by atomic mass is 10.1. The lowest BCUT2D eigenvalue weighted by Gasteiger charge is -2.22. The van der Waals surface area contributed by atoms with E-state index in [0.29, 0.717) is 21.2 Å². The number of carbonyl (C=O) groups is 2. The summed E-state index contributed by atoms with van der Waals surface area (Å²) in [6, 6.07) is 12.7. The number of rotatable bonds is 2. The van der Waals surface area contributed by atoms with Gasteiger partial charge in [-0.2, -0.15) is 0 Å². The summed E-state index contributed by atoms with van der Waals surface area (Å²) in [5, 5.41) is 6.36. The van der Waals surface area contributed by atoms with Crippen LogP contribution in [0.25, 0.3) is 6.08 Å². The van der Waals surface area contributed by atoms with Crippen LogP contribution in [-0.4, -0.2) is 17.4 Å². The molecule has 1 heterocycles. The van der Waals surface area contributed by atoms with Crippen molar-refractivity contribution in [2.75, 3.05) is 5.32 Å². The highest BCUT2D eigenvalue weighted by Gasteiger charge is 2.23. The van der Waals surface area contributed by atoms with Gasteiger partial charge in [-0.25, -0.2) is 0 Å². The standard InChI is InChI=1S/C20H19ClN2O2S/c1-20(2,3)23-18(24)13-8-9-16-15(10-13)22-19(25)17(26-16)11-12-6-4-5-7-14(12)21/h4-11H,1-3H3,(H,22,25)(H,23,24)/b17-11+. The van der Waals surface area contributed by atoms with Gasteiger partial charge < -0.3 is 10.6 Å². The summed E-state index contributed by atoms with van der Waals surface area (Å²) in [5.41, 5.74) is 1.61. The number of anilines is 1. The van der Waals surface area contributed by atoms with E-state index in [0.717, 1.165) is 10.5 Å². The van der Waals surface area contributed by atoms with Crippen LogP contribution in [0.1, 0.15) is 36.7 Å². The van der Waals surface area contributed by atoms with Crippen LogP contribution < -0.4 is 10.6 Å². The van der Waals surface area contributed by atoms with Crippen molar-refractivity contribution in [3.63, 3.8) is 0 Å². The normalized spacial score (nSPS) is 15.4. The fourth-order valence-electron chi connectivity index (χ4n) is 2.45.